The highest BCUT2D eigenvalue weighted by molar-refractivity contribution is 7.92. The third-order valence-corrected chi connectivity index (χ3v) is 5.68. The number of aryl methyl sites for hydroxylation is 2. The zero-order chi connectivity index (χ0) is 21.0. The predicted molar refractivity (Wildman–Crippen MR) is 118 cm³/mol. The van der Waals surface area contributed by atoms with E-state index in [2.05, 4.69) is 5.32 Å². The molecule has 5 nitrogen and oxygen atoms in total. The molecule has 0 unspecified atom stereocenters. The second kappa shape index (κ2) is 8.49. The summed E-state index contributed by atoms with van der Waals surface area (Å²) in [7, 11) is -3.45. The fourth-order valence-corrected chi connectivity index (χ4v) is 3.83. The molecule has 0 fully saturated rings. The zero-order valence-electron chi connectivity index (χ0n) is 16.7. The predicted octanol–water partition coefficient (Wildman–Crippen LogP) is 4.52. The number of amides is 1. The Morgan fingerprint density at radius 3 is 2.14 bits per heavy atom. The van der Waals surface area contributed by atoms with Crippen LogP contribution in [0, 0.1) is 13.8 Å². The van der Waals surface area contributed by atoms with Gasteiger partial charge in [0.15, 0.2) is 0 Å². The first kappa shape index (κ1) is 20.6. The highest BCUT2D eigenvalue weighted by Crippen LogP contribution is 2.22. The summed E-state index contributed by atoms with van der Waals surface area (Å²) in [6.07, 6.45) is 1.19. The molecule has 0 atom stereocenters. The van der Waals surface area contributed by atoms with Gasteiger partial charge in [-0.25, -0.2) is 8.42 Å². The molecule has 0 spiro atoms. The van der Waals surface area contributed by atoms with E-state index >= 15 is 0 Å². The Bertz CT molecular complexity index is 1110. The van der Waals surface area contributed by atoms with Crippen molar-refractivity contribution >= 4 is 27.3 Å². The van der Waals surface area contributed by atoms with E-state index in [-0.39, 0.29) is 12.5 Å². The number of sulfonamides is 1. The van der Waals surface area contributed by atoms with E-state index in [1.165, 1.54) is 10.6 Å². The van der Waals surface area contributed by atoms with Gasteiger partial charge in [0.2, 0.25) is 10.0 Å². The van der Waals surface area contributed by atoms with Crippen LogP contribution >= 0.6 is 0 Å². The molecular formula is C23H24N2O3S. The van der Waals surface area contributed by atoms with Gasteiger partial charge in [0.25, 0.3) is 5.91 Å². The summed E-state index contributed by atoms with van der Waals surface area (Å²) >= 11 is 0. The SMILES string of the molecule is Cc1ccc(NC(=O)c2ccc(CN(c3cccc(C)c3)S(C)(=O)=O)cc2)cc1. The number of nitrogens with zero attached hydrogens (tertiary/aromatic N) is 1. The minimum Gasteiger partial charge on any atom is -0.322 e. The normalized spacial score (nSPS) is 11.1. The molecule has 0 saturated heterocycles. The summed E-state index contributed by atoms with van der Waals surface area (Å²) in [5, 5.41) is 2.86. The summed E-state index contributed by atoms with van der Waals surface area (Å²) in [6, 6.07) is 21.9. The molecule has 6 heteroatoms. The average Bonchev–Trinajstić information content (AvgIpc) is 2.67. The number of nitrogens with one attached hydrogen (secondary N) is 1. The first-order valence-electron chi connectivity index (χ1n) is 9.24. The number of benzene rings is 3. The van der Waals surface area contributed by atoms with Crippen LogP contribution < -0.4 is 9.62 Å². The van der Waals surface area contributed by atoms with E-state index in [9.17, 15) is 13.2 Å². The van der Waals surface area contributed by atoms with Crippen LogP contribution in [-0.2, 0) is 16.6 Å². The minimum absolute atomic E-state index is 0.197. The molecule has 0 aliphatic carbocycles. The van der Waals surface area contributed by atoms with Crippen molar-refractivity contribution in [1.29, 1.82) is 0 Å². The third-order valence-electron chi connectivity index (χ3n) is 4.54. The molecule has 0 aliphatic rings. The lowest BCUT2D eigenvalue weighted by atomic mass is 10.1. The second-order valence-electron chi connectivity index (χ2n) is 7.13. The maximum Gasteiger partial charge on any atom is 0.255 e. The monoisotopic (exact) mass is 408 g/mol. The second-order valence-corrected chi connectivity index (χ2v) is 9.03. The number of rotatable bonds is 6. The van der Waals surface area contributed by atoms with Gasteiger partial charge in [-0.2, -0.15) is 0 Å². The van der Waals surface area contributed by atoms with Gasteiger partial charge in [-0.1, -0.05) is 42.0 Å². The first-order valence-corrected chi connectivity index (χ1v) is 11.1. The Morgan fingerprint density at radius 1 is 0.897 bits per heavy atom. The fraction of sp³-hybridized carbons (Fsp3) is 0.174. The molecule has 3 aromatic carbocycles. The summed E-state index contributed by atoms with van der Waals surface area (Å²) in [5.74, 6) is -0.209. The van der Waals surface area contributed by atoms with E-state index in [0.29, 0.717) is 11.3 Å². The van der Waals surface area contributed by atoms with Gasteiger partial charge < -0.3 is 5.32 Å². The summed E-state index contributed by atoms with van der Waals surface area (Å²) in [4.78, 5) is 12.4. The van der Waals surface area contributed by atoms with Crippen LogP contribution in [0.2, 0.25) is 0 Å². The van der Waals surface area contributed by atoms with Crippen LogP contribution in [0.4, 0.5) is 11.4 Å². The molecule has 0 saturated carbocycles. The van der Waals surface area contributed by atoms with Crippen LogP contribution in [0.5, 0.6) is 0 Å². The van der Waals surface area contributed by atoms with Gasteiger partial charge in [0.1, 0.15) is 0 Å². The van der Waals surface area contributed by atoms with Gasteiger partial charge in [-0.05, 0) is 61.4 Å². The zero-order valence-corrected chi connectivity index (χ0v) is 17.5. The topological polar surface area (TPSA) is 66.5 Å². The van der Waals surface area contributed by atoms with E-state index in [1.54, 1.807) is 30.3 Å². The Kier molecular flexibility index (Phi) is 6.03. The van der Waals surface area contributed by atoms with Crippen molar-refractivity contribution in [3.63, 3.8) is 0 Å². The highest BCUT2D eigenvalue weighted by Gasteiger charge is 2.18. The molecule has 0 aliphatic heterocycles. The maximum absolute atomic E-state index is 12.4. The summed E-state index contributed by atoms with van der Waals surface area (Å²) in [6.45, 7) is 4.11. The van der Waals surface area contributed by atoms with E-state index in [4.69, 9.17) is 0 Å². The van der Waals surface area contributed by atoms with Crippen LogP contribution in [-0.4, -0.2) is 20.6 Å². The van der Waals surface area contributed by atoms with Crippen LogP contribution in [0.25, 0.3) is 0 Å². The number of carbonyl (C=O) groups is 1. The molecule has 3 aromatic rings. The quantitative estimate of drug-likeness (QED) is 0.652. The van der Waals surface area contributed by atoms with Gasteiger partial charge >= 0.3 is 0 Å². The van der Waals surface area contributed by atoms with Crippen LogP contribution in [0.3, 0.4) is 0 Å². The molecular weight excluding hydrogens is 384 g/mol. The average molecular weight is 409 g/mol. The molecule has 29 heavy (non-hydrogen) atoms. The van der Waals surface area contributed by atoms with Gasteiger partial charge in [0.05, 0.1) is 18.5 Å². The molecule has 1 N–H and O–H groups in total. The lowest BCUT2D eigenvalue weighted by Crippen LogP contribution is -2.29. The standard InChI is InChI=1S/C23H24N2O3S/c1-17-7-13-21(14-8-17)24-23(26)20-11-9-19(10-12-20)16-25(29(3,27)28)22-6-4-5-18(2)15-22/h4-15H,16H2,1-3H3,(H,24,26). The molecule has 0 bridgehead atoms. The molecule has 0 radical (unpaired) electrons. The maximum atomic E-state index is 12.4. The van der Waals surface area contributed by atoms with Crippen molar-refractivity contribution in [2.45, 2.75) is 20.4 Å². The fourth-order valence-electron chi connectivity index (χ4n) is 2.95. The van der Waals surface area contributed by atoms with Crippen LogP contribution in [0.1, 0.15) is 27.0 Å². The van der Waals surface area contributed by atoms with Crippen LogP contribution in [0.15, 0.2) is 72.8 Å². The summed E-state index contributed by atoms with van der Waals surface area (Å²) < 4.78 is 26.0. The Hall–Kier alpha value is -3.12. The van der Waals surface area contributed by atoms with E-state index < -0.39 is 10.0 Å². The highest BCUT2D eigenvalue weighted by atomic mass is 32.2. The molecule has 0 aromatic heterocycles. The number of carbonyl (C=O) groups excluding carboxylic acids is 1. The van der Waals surface area contributed by atoms with E-state index in [0.717, 1.165) is 22.4 Å². The van der Waals surface area contributed by atoms with E-state index in [1.807, 2.05) is 56.3 Å². The molecule has 1 amide bonds. The third kappa shape index (κ3) is 5.45. The van der Waals surface area contributed by atoms with Crippen molar-refractivity contribution in [3.05, 3.63) is 95.1 Å². The number of hydrogen-bond acceptors (Lipinski definition) is 3. The summed E-state index contributed by atoms with van der Waals surface area (Å²) in [5.41, 5.74) is 4.76. The lowest BCUT2D eigenvalue weighted by Gasteiger charge is -2.23. The van der Waals surface area contributed by atoms with Crippen molar-refractivity contribution in [2.24, 2.45) is 0 Å². The minimum atomic E-state index is -3.45. The van der Waals surface area contributed by atoms with Crippen molar-refractivity contribution < 1.29 is 13.2 Å². The molecule has 150 valence electrons. The Labute approximate surface area is 172 Å². The van der Waals surface area contributed by atoms with Gasteiger partial charge in [-0.3, -0.25) is 9.10 Å². The van der Waals surface area contributed by atoms with Crippen molar-refractivity contribution in [1.82, 2.24) is 0 Å². The smallest absolute Gasteiger partial charge is 0.255 e. The van der Waals surface area contributed by atoms with Gasteiger partial charge in [-0.15, -0.1) is 0 Å². The van der Waals surface area contributed by atoms with Crippen molar-refractivity contribution in [2.75, 3.05) is 15.9 Å². The Balaban J connectivity index is 1.76. The largest absolute Gasteiger partial charge is 0.322 e. The van der Waals surface area contributed by atoms with Crippen molar-refractivity contribution in [3.8, 4) is 0 Å². The molecule has 3 rings (SSSR count). The first-order chi connectivity index (χ1) is 13.7. The molecule has 0 heterocycles. The van der Waals surface area contributed by atoms with Gasteiger partial charge in [0, 0.05) is 11.3 Å². The number of hydrogen-bond donors (Lipinski definition) is 1. The lowest BCUT2D eigenvalue weighted by molar-refractivity contribution is 0.102. The number of anilines is 2. The Morgan fingerprint density at radius 2 is 1.55 bits per heavy atom.